The number of carboxylic acid groups (broad SMARTS) is 1. The number of halogens is 1. The molecule has 11 heteroatoms. The largest absolute Gasteiger partial charge is 0.481 e. The minimum atomic E-state index is -1.22. The highest BCUT2D eigenvalue weighted by Gasteiger charge is 2.42. The highest BCUT2D eigenvalue weighted by Crippen LogP contribution is 2.32. The fourth-order valence-corrected chi connectivity index (χ4v) is 4.12. The van der Waals surface area contributed by atoms with Crippen molar-refractivity contribution in [1.82, 2.24) is 0 Å². The minimum Gasteiger partial charge on any atom is -0.481 e. The van der Waals surface area contributed by atoms with Gasteiger partial charge in [0.15, 0.2) is 6.10 Å². The molecule has 0 radical (unpaired) electrons. The molecule has 2 aliphatic heterocycles. The van der Waals surface area contributed by atoms with Crippen LogP contribution in [0.2, 0.25) is 0 Å². The van der Waals surface area contributed by atoms with Crippen LogP contribution in [-0.2, 0) is 38.1 Å². The Bertz CT molecular complexity index is 906. The maximum atomic E-state index is 12.8. The Kier molecular flexibility index (Phi) is 10.9. The van der Waals surface area contributed by atoms with E-state index in [1.54, 1.807) is 13.0 Å². The van der Waals surface area contributed by atoms with Crippen LogP contribution in [0.25, 0.3) is 0 Å². The lowest BCUT2D eigenvalue weighted by atomic mass is 10.0. The summed E-state index contributed by atoms with van der Waals surface area (Å²) in [6, 6.07) is 0. The molecule has 35 heavy (non-hydrogen) atoms. The Morgan fingerprint density at radius 2 is 1.94 bits per heavy atom. The highest BCUT2D eigenvalue weighted by molar-refractivity contribution is 6.29. The molecule has 2 heterocycles. The minimum absolute atomic E-state index is 0.0215. The Labute approximate surface area is 208 Å². The molecule has 0 aliphatic carbocycles. The topological polar surface area (TPSA) is 146 Å². The van der Waals surface area contributed by atoms with Crippen molar-refractivity contribution in [3.8, 4) is 0 Å². The van der Waals surface area contributed by atoms with Crippen molar-refractivity contribution in [3.05, 3.63) is 34.6 Å². The molecular formula is C24H31ClO10. The second kappa shape index (κ2) is 13.4. The number of carboxylic acids is 1. The number of ether oxygens (including phenoxy) is 4. The number of carbonyl (C=O) groups excluding carboxylic acids is 3. The van der Waals surface area contributed by atoms with Crippen LogP contribution in [0.1, 0.15) is 59.3 Å². The molecule has 0 aromatic rings. The monoisotopic (exact) mass is 514 g/mol. The zero-order valence-corrected chi connectivity index (χ0v) is 20.7. The van der Waals surface area contributed by atoms with Gasteiger partial charge < -0.3 is 29.2 Å². The first-order valence-corrected chi connectivity index (χ1v) is 11.6. The summed E-state index contributed by atoms with van der Waals surface area (Å²) in [5.74, 6) is -3.16. The third kappa shape index (κ3) is 9.83. The zero-order valence-electron chi connectivity index (χ0n) is 19.9. The average molecular weight is 515 g/mol. The Balaban J connectivity index is 2.33. The third-order valence-electron chi connectivity index (χ3n) is 5.32. The van der Waals surface area contributed by atoms with E-state index in [-0.39, 0.29) is 31.1 Å². The van der Waals surface area contributed by atoms with E-state index in [1.165, 1.54) is 19.1 Å². The number of hydrogen-bond donors (Lipinski definition) is 2. The van der Waals surface area contributed by atoms with Gasteiger partial charge in [0.05, 0.1) is 18.9 Å². The van der Waals surface area contributed by atoms with Gasteiger partial charge in [-0.1, -0.05) is 29.3 Å². The van der Waals surface area contributed by atoms with Gasteiger partial charge in [0.2, 0.25) is 0 Å². The maximum Gasteiger partial charge on any atom is 0.310 e. The quantitative estimate of drug-likeness (QED) is 0.308. The van der Waals surface area contributed by atoms with Crippen LogP contribution in [0.4, 0.5) is 0 Å². The number of allylic oxidation sites excluding steroid dienone is 3. The van der Waals surface area contributed by atoms with Crippen LogP contribution in [-0.4, -0.2) is 64.6 Å². The van der Waals surface area contributed by atoms with E-state index in [9.17, 15) is 24.3 Å². The normalized spacial score (nSPS) is 30.0. The molecule has 0 aromatic heterocycles. The van der Waals surface area contributed by atoms with Crippen molar-refractivity contribution < 1.29 is 48.3 Å². The lowest BCUT2D eigenvalue weighted by Gasteiger charge is -2.24. The van der Waals surface area contributed by atoms with Crippen LogP contribution in [0.5, 0.6) is 0 Å². The van der Waals surface area contributed by atoms with Crippen molar-refractivity contribution in [1.29, 1.82) is 0 Å². The van der Waals surface area contributed by atoms with Crippen LogP contribution < -0.4 is 0 Å². The van der Waals surface area contributed by atoms with Crippen molar-refractivity contribution >= 4 is 35.5 Å². The van der Waals surface area contributed by atoms with Gasteiger partial charge in [-0.25, -0.2) is 0 Å². The predicted octanol–water partition coefficient (Wildman–Crippen LogP) is 2.91. The molecule has 0 spiro atoms. The summed E-state index contributed by atoms with van der Waals surface area (Å²) in [6.45, 7) is 3.91. The van der Waals surface area contributed by atoms with Gasteiger partial charge >= 0.3 is 23.9 Å². The van der Waals surface area contributed by atoms with Gasteiger partial charge in [0.1, 0.15) is 24.1 Å². The number of fused-ring (bicyclic) bond motifs is 2. The molecule has 1 saturated heterocycles. The second-order valence-electron chi connectivity index (χ2n) is 8.49. The summed E-state index contributed by atoms with van der Waals surface area (Å²) in [6.07, 6.45) is 0.812. The van der Waals surface area contributed by atoms with Gasteiger partial charge in [-0.3, -0.25) is 19.2 Å². The van der Waals surface area contributed by atoms with Crippen molar-refractivity contribution in [3.63, 3.8) is 0 Å². The first-order chi connectivity index (χ1) is 16.4. The first kappa shape index (κ1) is 28.5. The van der Waals surface area contributed by atoms with Crippen LogP contribution in [0.15, 0.2) is 34.6 Å². The fraction of sp³-hybridized carbons (Fsp3) is 0.583. The summed E-state index contributed by atoms with van der Waals surface area (Å²) in [4.78, 5) is 47.0. The number of rotatable bonds is 6. The summed E-state index contributed by atoms with van der Waals surface area (Å²) in [5.41, 5.74) is 0.421. The average Bonchev–Trinajstić information content (AvgIpc) is 3.11. The fourth-order valence-electron chi connectivity index (χ4n) is 3.92. The van der Waals surface area contributed by atoms with Crippen LogP contribution in [0, 0.1) is 0 Å². The molecule has 0 amide bonds. The van der Waals surface area contributed by atoms with Gasteiger partial charge in [0, 0.05) is 25.3 Å². The number of aliphatic hydroxyl groups excluding tert-OH is 1. The number of aliphatic carboxylic acids is 1. The Morgan fingerprint density at radius 1 is 1.23 bits per heavy atom. The second-order valence-corrected chi connectivity index (χ2v) is 8.97. The van der Waals surface area contributed by atoms with Crippen LogP contribution in [0.3, 0.4) is 0 Å². The molecule has 0 aromatic carbocycles. The molecule has 10 nitrogen and oxygen atoms in total. The predicted molar refractivity (Wildman–Crippen MR) is 123 cm³/mol. The number of esters is 3. The smallest absolute Gasteiger partial charge is 0.310 e. The van der Waals surface area contributed by atoms with E-state index in [2.05, 4.69) is 0 Å². The maximum absolute atomic E-state index is 12.8. The first-order valence-electron chi connectivity index (χ1n) is 11.3. The molecular weight excluding hydrogens is 484 g/mol. The number of carbonyl (C=O) groups is 4. The molecule has 1 unspecified atom stereocenters. The van der Waals surface area contributed by atoms with E-state index >= 15 is 0 Å². The molecule has 5 atom stereocenters. The molecule has 0 saturated carbocycles. The van der Waals surface area contributed by atoms with Crippen molar-refractivity contribution in [2.24, 2.45) is 0 Å². The lowest BCUT2D eigenvalue weighted by Crippen LogP contribution is -2.37. The van der Waals surface area contributed by atoms with E-state index in [0.29, 0.717) is 23.4 Å². The third-order valence-corrected chi connectivity index (χ3v) is 5.66. The standard InChI is InChI=1S/C24H31ClO10/c1-13(10-22(29)30)9-18(28)24-21-11-17(34-24)8-7-16(25)5-4-6-19(32-14(2)26)20(33-15(3)27)12-23(31)35-21/h5-6,9,17-18,20-21,24,28H,4,7-8,10-12H2,1-3H3,(H,29,30)/b13-9+,16-5-,19-6-/t17-,18-,20?,21-,24-/m1/s1. The summed E-state index contributed by atoms with van der Waals surface area (Å²) < 4.78 is 22.0. The van der Waals surface area contributed by atoms with E-state index in [0.717, 1.165) is 6.92 Å². The van der Waals surface area contributed by atoms with E-state index in [4.69, 9.17) is 35.7 Å². The number of aliphatic hydroxyl groups is 1. The summed E-state index contributed by atoms with van der Waals surface area (Å²) in [7, 11) is 0. The van der Waals surface area contributed by atoms with Crippen molar-refractivity contribution in [2.75, 3.05) is 0 Å². The van der Waals surface area contributed by atoms with E-state index < -0.39 is 54.7 Å². The molecule has 2 aliphatic rings. The van der Waals surface area contributed by atoms with Gasteiger partial charge in [-0.05, 0) is 32.3 Å². The molecule has 194 valence electrons. The summed E-state index contributed by atoms with van der Waals surface area (Å²) in [5, 5.41) is 20.2. The zero-order chi connectivity index (χ0) is 26.1. The Hall–Kier alpha value is -2.69. The number of hydrogen-bond acceptors (Lipinski definition) is 9. The van der Waals surface area contributed by atoms with Crippen LogP contribution >= 0.6 is 11.6 Å². The molecule has 2 rings (SSSR count). The highest BCUT2D eigenvalue weighted by atomic mass is 35.5. The lowest BCUT2D eigenvalue weighted by molar-refractivity contribution is -0.162. The molecule has 2 N–H and O–H groups in total. The Morgan fingerprint density at radius 3 is 2.57 bits per heavy atom. The van der Waals surface area contributed by atoms with Crippen molar-refractivity contribution in [2.45, 2.75) is 89.8 Å². The van der Waals surface area contributed by atoms with Gasteiger partial charge in [-0.2, -0.15) is 0 Å². The molecule has 1 fully saturated rings. The summed E-state index contributed by atoms with van der Waals surface area (Å²) >= 11 is 6.32. The van der Waals surface area contributed by atoms with E-state index in [1.807, 2.05) is 0 Å². The van der Waals surface area contributed by atoms with Gasteiger partial charge in [-0.15, -0.1) is 0 Å². The van der Waals surface area contributed by atoms with Gasteiger partial charge in [0.25, 0.3) is 0 Å². The molecule has 2 bridgehead atoms. The SMILES string of the molecule is CC(=O)O/C1=C\C/C=C(\Cl)CC[C@@H]2C[C@@H](OC(=O)CC1OC(C)=O)[C@@H]([C@H](O)/C=C(\C)CC(=O)O)O2.